The van der Waals surface area contributed by atoms with Crippen molar-refractivity contribution in [3.63, 3.8) is 0 Å². The van der Waals surface area contributed by atoms with Gasteiger partial charge in [0.25, 0.3) is 5.91 Å². The predicted molar refractivity (Wildman–Crippen MR) is 97.9 cm³/mol. The van der Waals surface area contributed by atoms with E-state index < -0.39 is 23.8 Å². The second-order valence-corrected chi connectivity index (χ2v) is 7.12. The minimum atomic E-state index is -1.09. The Hall–Kier alpha value is -2.54. The summed E-state index contributed by atoms with van der Waals surface area (Å²) < 4.78 is 0. The highest BCUT2D eigenvalue weighted by Gasteiger charge is 2.40. The van der Waals surface area contributed by atoms with E-state index in [1.165, 1.54) is 6.21 Å². The van der Waals surface area contributed by atoms with E-state index in [0.717, 1.165) is 41.7 Å². The molecule has 1 aromatic carbocycles. The lowest BCUT2D eigenvalue weighted by atomic mass is 9.91. The SMILES string of the molecule is Cc1ccc(N2C(=O)NC(=O)[C@H](C=N[C@@H]3CCCC[C@H]3[NH3+])C2=O)cc1C. The number of carbonyl (C=O) groups excluding carboxylic acids is 3. The second-order valence-electron chi connectivity index (χ2n) is 7.12. The average Bonchev–Trinajstić information content (AvgIpc) is 2.59. The normalized spacial score (nSPS) is 27.1. The molecule has 2 fully saturated rings. The van der Waals surface area contributed by atoms with Gasteiger partial charge < -0.3 is 5.73 Å². The van der Waals surface area contributed by atoms with Gasteiger partial charge in [0.2, 0.25) is 5.91 Å². The molecule has 1 aliphatic carbocycles. The maximum absolute atomic E-state index is 12.8. The van der Waals surface area contributed by atoms with Gasteiger partial charge in [0.05, 0.1) is 5.69 Å². The molecule has 4 amide bonds. The number of barbiturate groups is 1. The van der Waals surface area contributed by atoms with Crippen LogP contribution in [0.25, 0.3) is 0 Å². The molecule has 1 heterocycles. The van der Waals surface area contributed by atoms with Crippen molar-refractivity contribution in [1.82, 2.24) is 5.32 Å². The summed E-state index contributed by atoms with van der Waals surface area (Å²) in [5.41, 5.74) is 6.59. The zero-order chi connectivity index (χ0) is 18.8. The second kappa shape index (κ2) is 7.37. The molecule has 4 N–H and O–H groups in total. The van der Waals surface area contributed by atoms with Crippen LogP contribution in [0.15, 0.2) is 23.2 Å². The molecule has 1 aromatic rings. The lowest BCUT2D eigenvalue weighted by molar-refractivity contribution is -0.428. The fourth-order valence-electron chi connectivity index (χ4n) is 3.41. The zero-order valence-corrected chi connectivity index (χ0v) is 15.2. The Morgan fingerprint density at radius 2 is 1.88 bits per heavy atom. The standard InChI is InChI=1S/C19H24N4O3/c1-11-7-8-13(9-12(11)2)23-18(25)14(17(24)22-19(23)26)10-21-16-6-4-3-5-15(16)20/h7-10,14-16H,3-6,20H2,1-2H3,(H,22,24,26)/p+1/t14-,15+,16+/m0/s1. The number of hydrogen-bond donors (Lipinski definition) is 2. The Morgan fingerprint density at radius 1 is 1.15 bits per heavy atom. The summed E-state index contributed by atoms with van der Waals surface area (Å²) in [5, 5.41) is 2.26. The van der Waals surface area contributed by atoms with Crippen molar-refractivity contribution in [2.24, 2.45) is 10.9 Å². The van der Waals surface area contributed by atoms with Crippen molar-refractivity contribution < 1.29 is 20.1 Å². The number of amides is 4. The molecule has 0 bridgehead atoms. The summed E-state index contributed by atoms with van der Waals surface area (Å²) in [6.45, 7) is 3.86. The summed E-state index contributed by atoms with van der Waals surface area (Å²) in [4.78, 5) is 42.7. The Labute approximate surface area is 152 Å². The largest absolute Gasteiger partial charge is 0.353 e. The molecule has 1 aliphatic heterocycles. The average molecular weight is 357 g/mol. The van der Waals surface area contributed by atoms with Gasteiger partial charge in [-0.3, -0.25) is 19.9 Å². The molecule has 26 heavy (non-hydrogen) atoms. The zero-order valence-electron chi connectivity index (χ0n) is 15.2. The molecular formula is C19H25N4O3+. The Morgan fingerprint density at radius 3 is 2.58 bits per heavy atom. The van der Waals surface area contributed by atoms with Gasteiger partial charge in [-0.1, -0.05) is 12.5 Å². The number of nitrogens with one attached hydrogen (secondary N) is 1. The third-order valence-corrected chi connectivity index (χ3v) is 5.25. The Kier molecular flexibility index (Phi) is 5.18. The maximum Gasteiger partial charge on any atom is 0.335 e. The van der Waals surface area contributed by atoms with E-state index in [-0.39, 0.29) is 12.1 Å². The van der Waals surface area contributed by atoms with Crippen molar-refractivity contribution in [3.05, 3.63) is 29.3 Å². The van der Waals surface area contributed by atoms with Crippen LogP contribution in [0.2, 0.25) is 0 Å². The summed E-state index contributed by atoms with van der Waals surface area (Å²) in [6.07, 6.45) is 5.52. The van der Waals surface area contributed by atoms with Crippen molar-refractivity contribution in [3.8, 4) is 0 Å². The Balaban J connectivity index is 1.84. The number of carbonyl (C=O) groups is 3. The highest BCUT2D eigenvalue weighted by Crippen LogP contribution is 2.24. The smallest absolute Gasteiger partial charge is 0.335 e. The van der Waals surface area contributed by atoms with Gasteiger partial charge in [-0.15, -0.1) is 0 Å². The minimum absolute atomic E-state index is 0.0250. The molecule has 1 saturated heterocycles. The van der Waals surface area contributed by atoms with Crippen LogP contribution in [-0.2, 0) is 9.59 Å². The summed E-state index contributed by atoms with van der Waals surface area (Å²) >= 11 is 0. The third-order valence-electron chi connectivity index (χ3n) is 5.25. The topological polar surface area (TPSA) is 106 Å². The first kappa shape index (κ1) is 18.3. The maximum atomic E-state index is 12.8. The number of imide groups is 2. The predicted octanol–water partition coefficient (Wildman–Crippen LogP) is 1.13. The van der Waals surface area contributed by atoms with Crippen LogP contribution in [-0.4, -0.2) is 36.1 Å². The molecule has 0 radical (unpaired) electrons. The van der Waals surface area contributed by atoms with Crippen molar-refractivity contribution in [2.75, 3.05) is 4.90 Å². The number of aryl methyl sites for hydroxylation is 2. The molecule has 7 heteroatoms. The monoisotopic (exact) mass is 357 g/mol. The summed E-state index contributed by atoms with van der Waals surface area (Å²) in [7, 11) is 0. The van der Waals surface area contributed by atoms with Gasteiger partial charge in [-0.2, -0.15) is 0 Å². The number of nitrogens with zero attached hydrogens (tertiary/aromatic N) is 2. The summed E-state index contributed by atoms with van der Waals surface area (Å²) in [5.74, 6) is -2.29. The fourth-order valence-corrected chi connectivity index (χ4v) is 3.41. The summed E-state index contributed by atoms with van der Waals surface area (Å²) in [6, 6.07) is 4.82. The minimum Gasteiger partial charge on any atom is -0.353 e. The van der Waals surface area contributed by atoms with Crippen molar-refractivity contribution >= 4 is 29.7 Å². The lowest BCUT2D eigenvalue weighted by Gasteiger charge is -2.29. The van der Waals surface area contributed by atoms with Crippen LogP contribution in [0, 0.1) is 19.8 Å². The first-order valence-electron chi connectivity index (χ1n) is 9.01. The van der Waals surface area contributed by atoms with Crippen LogP contribution < -0.4 is 16.0 Å². The molecule has 0 spiro atoms. The molecule has 138 valence electrons. The molecule has 2 aliphatic rings. The quantitative estimate of drug-likeness (QED) is 0.625. The number of hydrogen-bond acceptors (Lipinski definition) is 4. The van der Waals surface area contributed by atoms with Crippen LogP contribution >= 0.6 is 0 Å². The lowest BCUT2D eigenvalue weighted by Crippen LogP contribution is -2.66. The van der Waals surface area contributed by atoms with Crippen LogP contribution in [0.3, 0.4) is 0 Å². The van der Waals surface area contributed by atoms with Gasteiger partial charge >= 0.3 is 6.03 Å². The van der Waals surface area contributed by atoms with E-state index >= 15 is 0 Å². The van der Waals surface area contributed by atoms with Gasteiger partial charge in [0.15, 0.2) is 5.92 Å². The van der Waals surface area contributed by atoms with Crippen molar-refractivity contribution in [2.45, 2.75) is 51.6 Å². The third kappa shape index (κ3) is 3.53. The van der Waals surface area contributed by atoms with E-state index in [2.05, 4.69) is 16.0 Å². The molecular weight excluding hydrogens is 332 g/mol. The van der Waals surface area contributed by atoms with E-state index in [4.69, 9.17) is 0 Å². The molecule has 3 rings (SSSR count). The fraction of sp³-hybridized carbons (Fsp3) is 0.474. The van der Waals surface area contributed by atoms with Crippen LogP contribution in [0.1, 0.15) is 36.8 Å². The highest BCUT2D eigenvalue weighted by atomic mass is 16.2. The highest BCUT2D eigenvalue weighted by molar-refractivity contribution is 6.32. The first-order valence-corrected chi connectivity index (χ1v) is 9.01. The number of rotatable bonds is 3. The van der Waals surface area contributed by atoms with E-state index in [1.807, 2.05) is 19.9 Å². The number of benzene rings is 1. The molecule has 1 saturated carbocycles. The van der Waals surface area contributed by atoms with Gasteiger partial charge in [0, 0.05) is 12.6 Å². The molecule has 0 unspecified atom stereocenters. The van der Waals surface area contributed by atoms with Crippen LogP contribution in [0.4, 0.5) is 10.5 Å². The number of quaternary nitrogens is 1. The van der Waals surface area contributed by atoms with Crippen LogP contribution in [0.5, 0.6) is 0 Å². The molecule has 7 nitrogen and oxygen atoms in total. The van der Waals surface area contributed by atoms with E-state index in [1.54, 1.807) is 12.1 Å². The van der Waals surface area contributed by atoms with E-state index in [0.29, 0.717) is 5.69 Å². The van der Waals surface area contributed by atoms with E-state index in [9.17, 15) is 14.4 Å². The Bertz CT molecular complexity index is 774. The van der Waals surface area contributed by atoms with Gasteiger partial charge in [0.1, 0.15) is 12.1 Å². The van der Waals surface area contributed by atoms with Crippen molar-refractivity contribution in [1.29, 1.82) is 0 Å². The molecule has 3 atom stereocenters. The number of aliphatic imine (C=N–C) groups is 1. The number of anilines is 1. The first-order chi connectivity index (χ1) is 12.4. The number of urea groups is 1. The van der Waals surface area contributed by atoms with Gasteiger partial charge in [-0.25, -0.2) is 9.69 Å². The van der Waals surface area contributed by atoms with Gasteiger partial charge in [-0.05, 0) is 49.9 Å². The molecule has 0 aromatic heterocycles.